The van der Waals surface area contributed by atoms with Gasteiger partial charge in [-0.05, 0) is 19.2 Å². The van der Waals surface area contributed by atoms with Crippen LogP contribution in [0.4, 0.5) is 14.5 Å². The van der Waals surface area contributed by atoms with E-state index < -0.39 is 6.61 Å². The molecule has 1 aromatic rings. The summed E-state index contributed by atoms with van der Waals surface area (Å²) in [6.45, 7) is 0.927. The van der Waals surface area contributed by atoms with Crippen LogP contribution in [0.15, 0.2) is 22.7 Å². The fraction of sp³-hybridized carbons (Fsp3) is 0.500. The van der Waals surface area contributed by atoms with Gasteiger partial charge in [-0.15, -0.1) is 0 Å². The van der Waals surface area contributed by atoms with Crippen LogP contribution in [0.5, 0.6) is 5.75 Å². The molecule has 0 N–H and O–H groups in total. The Bertz CT molecular complexity index is 409. The zero-order valence-electron chi connectivity index (χ0n) is 10.1. The number of hydrogen-bond acceptors (Lipinski definition) is 3. The number of alkyl halides is 2. The molecule has 3 nitrogen and oxygen atoms in total. The van der Waals surface area contributed by atoms with Gasteiger partial charge in [-0.3, -0.25) is 0 Å². The van der Waals surface area contributed by atoms with Crippen molar-refractivity contribution < 1.29 is 13.5 Å². The molecule has 0 saturated carbocycles. The summed E-state index contributed by atoms with van der Waals surface area (Å²) in [5.41, 5.74) is 0.910. The summed E-state index contributed by atoms with van der Waals surface area (Å²) in [4.78, 5) is 4.41. The van der Waals surface area contributed by atoms with Crippen molar-refractivity contribution >= 4 is 21.6 Å². The van der Waals surface area contributed by atoms with Crippen molar-refractivity contribution in [1.29, 1.82) is 0 Å². The average Bonchev–Trinajstić information content (AvgIpc) is 2.28. The minimum atomic E-state index is -2.79. The van der Waals surface area contributed by atoms with Crippen LogP contribution in [-0.2, 0) is 0 Å². The molecule has 1 fully saturated rings. The maximum Gasteiger partial charge on any atom is 0.387 e. The van der Waals surface area contributed by atoms with Gasteiger partial charge in [0.1, 0.15) is 5.75 Å². The van der Waals surface area contributed by atoms with Crippen molar-refractivity contribution in [3.8, 4) is 5.75 Å². The normalized spacial score (nSPS) is 17.3. The molecule has 2 rings (SSSR count). The fourth-order valence-corrected chi connectivity index (χ4v) is 2.43. The summed E-state index contributed by atoms with van der Waals surface area (Å²) in [6, 6.07) is 5.12. The summed E-state index contributed by atoms with van der Waals surface area (Å²) in [6.07, 6.45) is 0. The lowest BCUT2D eigenvalue weighted by Gasteiger charge is -2.34. The van der Waals surface area contributed by atoms with Crippen LogP contribution in [0.2, 0.25) is 0 Å². The molecule has 1 saturated heterocycles. The lowest BCUT2D eigenvalue weighted by atomic mass is 10.2. The van der Waals surface area contributed by atoms with E-state index in [-0.39, 0.29) is 5.75 Å². The molecule has 0 unspecified atom stereocenters. The van der Waals surface area contributed by atoms with Gasteiger partial charge in [0.05, 0.1) is 0 Å². The van der Waals surface area contributed by atoms with Crippen molar-refractivity contribution in [2.75, 3.05) is 38.1 Å². The monoisotopic (exact) mass is 320 g/mol. The Morgan fingerprint density at radius 3 is 2.44 bits per heavy atom. The summed E-state index contributed by atoms with van der Waals surface area (Å²) in [7, 11) is 2.07. The van der Waals surface area contributed by atoms with E-state index in [9.17, 15) is 8.78 Å². The predicted octanol–water partition coefficient (Wildman–Crippen LogP) is 2.80. The molecule has 0 aromatic heterocycles. The molecule has 18 heavy (non-hydrogen) atoms. The number of likely N-dealkylation sites (N-methyl/N-ethyl adjacent to an activating group) is 1. The van der Waals surface area contributed by atoms with Crippen LogP contribution in [0.25, 0.3) is 0 Å². The second-order valence-corrected chi connectivity index (χ2v) is 5.23. The van der Waals surface area contributed by atoms with Crippen molar-refractivity contribution in [2.24, 2.45) is 0 Å². The van der Waals surface area contributed by atoms with Crippen LogP contribution < -0.4 is 9.64 Å². The molecule has 0 bridgehead atoms. The average molecular weight is 321 g/mol. The van der Waals surface area contributed by atoms with Gasteiger partial charge in [0.15, 0.2) is 0 Å². The molecule has 0 atom stereocenters. The van der Waals surface area contributed by atoms with E-state index in [1.165, 1.54) is 0 Å². The van der Waals surface area contributed by atoms with Gasteiger partial charge in [0.25, 0.3) is 0 Å². The number of piperazine rings is 1. The Labute approximate surface area is 113 Å². The summed E-state index contributed by atoms with van der Waals surface area (Å²) >= 11 is 3.32. The lowest BCUT2D eigenvalue weighted by Crippen LogP contribution is -2.44. The van der Waals surface area contributed by atoms with Crippen LogP contribution in [0.1, 0.15) is 0 Å². The molecule has 1 aliphatic rings. The predicted molar refractivity (Wildman–Crippen MR) is 70.5 cm³/mol. The quantitative estimate of drug-likeness (QED) is 0.851. The standard InChI is InChI=1S/C12H15BrF2N2O/c1-16-2-4-17(5-3-16)10-6-9(13)7-11(8-10)18-12(14)15/h6-8,12H,2-5H2,1H3. The molecule has 6 heteroatoms. The Morgan fingerprint density at radius 1 is 1.17 bits per heavy atom. The first-order valence-electron chi connectivity index (χ1n) is 5.73. The zero-order valence-corrected chi connectivity index (χ0v) is 11.7. The highest BCUT2D eigenvalue weighted by Gasteiger charge is 2.16. The van der Waals surface area contributed by atoms with Gasteiger partial charge in [-0.2, -0.15) is 8.78 Å². The first-order chi connectivity index (χ1) is 8.54. The summed E-state index contributed by atoms with van der Waals surface area (Å²) in [5, 5.41) is 0. The maximum atomic E-state index is 12.2. The number of ether oxygens (including phenoxy) is 1. The molecule has 1 aliphatic heterocycles. The minimum absolute atomic E-state index is 0.188. The van der Waals surface area contributed by atoms with Crippen molar-refractivity contribution in [1.82, 2.24) is 4.90 Å². The minimum Gasteiger partial charge on any atom is -0.435 e. The largest absolute Gasteiger partial charge is 0.435 e. The smallest absolute Gasteiger partial charge is 0.387 e. The Hall–Kier alpha value is -0.880. The first-order valence-corrected chi connectivity index (χ1v) is 6.53. The fourth-order valence-electron chi connectivity index (χ4n) is 1.97. The second-order valence-electron chi connectivity index (χ2n) is 4.31. The number of halogens is 3. The zero-order chi connectivity index (χ0) is 13.1. The van der Waals surface area contributed by atoms with E-state index in [1.807, 2.05) is 6.07 Å². The van der Waals surface area contributed by atoms with Crippen LogP contribution >= 0.6 is 15.9 Å². The number of hydrogen-bond donors (Lipinski definition) is 0. The third kappa shape index (κ3) is 3.55. The highest BCUT2D eigenvalue weighted by Crippen LogP contribution is 2.28. The maximum absolute atomic E-state index is 12.2. The number of benzene rings is 1. The molecule has 0 radical (unpaired) electrons. The van der Waals surface area contributed by atoms with E-state index in [2.05, 4.69) is 37.5 Å². The van der Waals surface area contributed by atoms with E-state index >= 15 is 0 Å². The van der Waals surface area contributed by atoms with E-state index in [1.54, 1.807) is 12.1 Å². The molecule has 1 heterocycles. The Morgan fingerprint density at radius 2 is 1.83 bits per heavy atom. The Balaban J connectivity index is 2.14. The summed E-state index contributed by atoms with van der Waals surface area (Å²) < 4.78 is 29.6. The molecule has 1 aromatic carbocycles. The summed E-state index contributed by atoms with van der Waals surface area (Å²) in [5.74, 6) is 0.188. The molecular formula is C12H15BrF2N2O. The topological polar surface area (TPSA) is 15.7 Å². The van der Waals surface area contributed by atoms with Gasteiger partial charge < -0.3 is 14.5 Å². The van der Waals surface area contributed by atoms with Crippen LogP contribution in [0, 0.1) is 0 Å². The van der Waals surface area contributed by atoms with E-state index in [4.69, 9.17) is 0 Å². The third-order valence-corrected chi connectivity index (χ3v) is 3.41. The van der Waals surface area contributed by atoms with Gasteiger partial charge >= 0.3 is 6.61 Å². The van der Waals surface area contributed by atoms with E-state index in [0.29, 0.717) is 0 Å². The van der Waals surface area contributed by atoms with Crippen molar-refractivity contribution in [3.05, 3.63) is 22.7 Å². The first kappa shape index (κ1) is 13.5. The SMILES string of the molecule is CN1CCN(c2cc(Br)cc(OC(F)F)c2)CC1. The van der Waals surface area contributed by atoms with Gasteiger partial charge in [0, 0.05) is 42.4 Å². The van der Waals surface area contributed by atoms with Gasteiger partial charge in [-0.25, -0.2) is 0 Å². The molecular weight excluding hydrogens is 306 g/mol. The Kier molecular flexibility index (Phi) is 4.40. The molecule has 0 spiro atoms. The highest BCUT2D eigenvalue weighted by molar-refractivity contribution is 9.10. The number of nitrogens with zero attached hydrogens (tertiary/aromatic N) is 2. The van der Waals surface area contributed by atoms with Gasteiger partial charge in [0.2, 0.25) is 0 Å². The highest BCUT2D eigenvalue weighted by atomic mass is 79.9. The van der Waals surface area contributed by atoms with Crippen molar-refractivity contribution in [3.63, 3.8) is 0 Å². The number of anilines is 1. The molecule has 0 amide bonds. The lowest BCUT2D eigenvalue weighted by molar-refractivity contribution is -0.0498. The third-order valence-electron chi connectivity index (χ3n) is 2.95. The van der Waals surface area contributed by atoms with Crippen LogP contribution in [-0.4, -0.2) is 44.7 Å². The van der Waals surface area contributed by atoms with E-state index in [0.717, 1.165) is 36.3 Å². The molecule has 0 aliphatic carbocycles. The van der Waals surface area contributed by atoms with Crippen molar-refractivity contribution in [2.45, 2.75) is 6.61 Å². The van der Waals surface area contributed by atoms with Crippen LogP contribution in [0.3, 0.4) is 0 Å². The second kappa shape index (κ2) is 5.84. The molecule has 100 valence electrons. The number of rotatable bonds is 3. The van der Waals surface area contributed by atoms with Gasteiger partial charge in [-0.1, -0.05) is 15.9 Å².